The number of ether oxygens (including phenoxy) is 1. The molecular formula is C21H19N3O4. The van der Waals surface area contributed by atoms with E-state index in [1.807, 2.05) is 0 Å². The number of amides is 1. The Morgan fingerprint density at radius 1 is 0.857 bits per heavy atom. The Morgan fingerprint density at radius 3 is 1.75 bits per heavy atom. The van der Waals surface area contributed by atoms with Gasteiger partial charge in [0.05, 0.1) is 7.11 Å². The lowest BCUT2D eigenvalue weighted by Crippen LogP contribution is -2.46. The third kappa shape index (κ3) is 4.64. The summed E-state index contributed by atoms with van der Waals surface area (Å²) in [6.45, 7) is 1.43. The maximum Gasteiger partial charge on any atom is 0.272 e. The quantitative estimate of drug-likeness (QED) is 0.622. The molecule has 0 radical (unpaired) electrons. The lowest BCUT2D eigenvalue weighted by molar-refractivity contribution is -0.114. The number of carbonyl (C=O) groups is 1. The number of aromatic amines is 2. The van der Waals surface area contributed by atoms with E-state index in [-0.39, 0.29) is 16.6 Å². The molecule has 0 unspecified atom stereocenters. The SMILES string of the molecule is COc1ccc(C=c2[nH]c(=O)c(=Cc3ccc(NC(C)=O)cc3)[nH]c2=O)cc1. The average molecular weight is 377 g/mol. The standard InChI is InChI=1S/C21H19N3O4/c1-13(25)22-16-7-3-14(4-8-16)11-18-20(26)24-19(21(27)23-18)12-15-5-9-17(28-2)10-6-15/h3-12H,1-2H3,(H,22,25)(H,23,27)(H,24,26). The lowest BCUT2D eigenvalue weighted by Gasteiger charge is -2.01. The van der Waals surface area contributed by atoms with Gasteiger partial charge >= 0.3 is 0 Å². The first kappa shape index (κ1) is 18.9. The van der Waals surface area contributed by atoms with Crippen molar-refractivity contribution in [2.24, 2.45) is 0 Å². The molecule has 7 nitrogen and oxygen atoms in total. The molecule has 7 heteroatoms. The second-order valence-electron chi connectivity index (χ2n) is 6.10. The van der Waals surface area contributed by atoms with Crippen molar-refractivity contribution in [3.63, 3.8) is 0 Å². The molecule has 0 fully saturated rings. The van der Waals surface area contributed by atoms with Crippen LogP contribution in [0.1, 0.15) is 18.1 Å². The maximum absolute atomic E-state index is 12.3. The molecule has 0 aliphatic rings. The molecule has 0 bridgehead atoms. The minimum absolute atomic E-state index is 0.143. The topological polar surface area (TPSA) is 104 Å². The largest absolute Gasteiger partial charge is 0.497 e. The van der Waals surface area contributed by atoms with Gasteiger partial charge in [0.1, 0.15) is 16.4 Å². The van der Waals surface area contributed by atoms with Gasteiger partial charge in [-0.2, -0.15) is 0 Å². The number of rotatable bonds is 4. The van der Waals surface area contributed by atoms with Crippen molar-refractivity contribution in [2.75, 3.05) is 12.4 Å². The molecule has 0 aliphatic carbocycles. The Morgan fingerprint density at radius 2 is 1.32 bits per heavy atom. The van der Waals surface area contributed by atoms with Crippen molar-refractivity contribution < 1.29 is 9.53 Å². The molecule has 142 valence electrons. The maximum atomic E-state index is 12.3. The molecule has 1 aromatic heterocycles. The Balaban J connectivity index is 1.96. The van der Waals surface area contributed by atoms with Gasteiger partial charge in [0.25, 0.3) is 11.1 Å². The summed E-state index contributed by atoms with van der Waals surface area (Å²) in [6.07, 6.45) is 3.15. The van der Waals surface area contributed by atoms with Crippen LogP contribution in [-0.2, 0) is 4.79 Å². The van der Waals surface area contributed by atoms with Crippen molar-refractivity contribution in [3.8, 4) is 5.75 Å². The number of carbonyl (C=O) groups excluding carboxylic acids is 1. The summed E-state index contributed by atoms with van der Waals surface area (Å²) in [5, 5.41) is 2.97. The van der Waals surface area contributed by atoms with E-state index < -0.39 is 11.1 Å². The van der Waals surface area contributed by atoms with Gasteiger partial charge in [-0.25, -0.2) is 0 Å². The Hall–Kier alpha value is -3.87. The normalized spacial score (nSPS) is 12.1. The molecule has 1 amide bonds. The Bertz CT molecular complexity index is 1220. The van der Waals surface area contributed by atoms with E-state index in [9.17, 15) is 14.4 Å². The van der Waals surface area contributed by atoms with Gasteiger partial charge in [-0.1, -0.05) is 24.3 Å². The van der Waals surface area contributed by atoms with Crippen LogP contribution >= 0.6 is 0 Å². The Labute approximate surface area is 160 Å². The second kappa shape index (κ2) is 8.22. The highest BCUT2D eigenvalue weighted by Crippen LogP contribution is 2.11. The molecule has 0 saturated heterocycles. The van der Waals surface area contributed by atoms with Gasteiger partial charge in [0.15, 0.2) is 0 Å². The van der Waals surface area contributed by atoms with Gasteiger partial charge < -0.3 is 20.0 Å². The molecular weight excluding hydrogens is 358 g/mol. The van der Waals surface area contributed by atoms with Crippen molar-refractivity contribution in [2.45, 2.75) is 6.92 Å². The zero-order chi connectivity index (χ0) is 20.1. The smallest absolute Gasteiger partial charge is 0.272 e. The Kier molecular flexibility index (Phi) is 5.55. The van der Waals surface area contributed by atoms with Gasteiger partial charge in [-0.15, -0.1) is 0 Å². The fourth-order valence-electron chi connectivity index (χ4n) is 2.60. The van der Waals surface area contributed by atoms with E-state index in [0.717, 1.165) is 5.56 Å². The van der Waals surface area contributed by atoms with E-state index in [2.05, 4.69) is 15.3 Å². The second-order valence-corrected chi connectivity index (χ2v) is 6.10. The number of hydrogen-bond acceptors (Lipinski definition) is 4. The highest BCUT2D eigenvalue weighted by atomic mass is 16.5. The highest BCUT2D eigenvalue weighted by Gasteiger charge is 1.99. The third-order valence-electron chi connectivity index (χ3n) is 3.95. The minimum atomic E-state index is -0.412. The predicted octanol–water partition coefficient (Wildman–Crippen LogP) is 0.688. The molecule has 2 aromatic carbocycles. The monoisotopic (exact) mass is 377 g/mol. The van der Waals surface area contributed by atoms with Crippen molar-refractivity contribution in [1.82, 2.24) is 9.97 Å². The van der Waals surface area contributed by atoms with Crippen molar-refractivity contribution in [1.29, 1.82) is 0 Å². The summed E-state index contributed by atoms with van der Waals surface area (Å²) < 4.78 is 5.10. The predicted molar refractivity (Wildman–Crippen MR) is 108 cm³/mol. The van der Waals surface area contributed by atoms with Crippen molar-refractivity contribution in [3.05, 3.63) is 91.1 Å². The molecule has 28 heavy (non-hydrogen) atoms. The number of benzene rings is 2. The van der Waals surface area contributed by atoms with Gasteiger partial charge in [-0.3, -0.25) is 14.4 Å². The van der Waals surface area contributed by atoms with Crippen LogP contribution in [0.15, 0.2) is 58.1 Å². The number of aromatic nitrogens is 2. The van der Waals surface area contributed by atoms with Crippen molar-refractivity contribution >= 4 is 23.7 Å². The first-order chi connectivity index (χ1) is 13.4. The number of nitrogens with one attached hydrogen (secondary N) is 3. The number of methoxy groups -OCH3 is 1. The van der Waals surface area contributed by atoms with Gasteiger partial charge in [0, 0.05) is 12.6 Å². The molecule has 3 N–H and O–H groups in total. The van der Waals surface area contributed by atoms with Crippen LogP contribution in [0.3, 0.4) is 0 Å². The minimum Gasteiger partial charge on any atom is -0.497 e. The summed E-state index contributed by atoms with van der Waals surface area (Å²) >= 11 is 0. The van der Waals surface area contributed by atoms with Crippen LogP contribution in [0, 0.1) is 0 Å². The zero-order valence-electron chi connectivity index (χ0n) is 15.4. The highest BCUT2D eigenvalue weighted by molar-refractivity contribution is 5.88. The molecule has 0 aliphatic heterocycles. The number of hydrogen-bond donors (Lipinski definition) is 3. The summed E-state index contributed by atoms with van der Waals surface area (Å²) in [5.41, 5.74) is 1.30. The molecule has 1 heterocycles. The van der Waals surface area contributed by atoms with Crippen LogP contribution in [0.5, 0.6) is 5.75 Å². The molecule has 0 spiro atoms. The van der Waals surface area contributed by atoms with Crippen LogP contribution in [-0.4, -0.2) is 23.0 Å². The van der Waals surface area contributed by atoms with E-state index in [4.69, 9.17) is 4.74 Å². The fraction of sp³-hybridized carbons (Fsp3) is 0.0952. The molecule has 0 atom stereocenters. The van der Waals surface area contributed by atoms with Crippen LogP contribution in [0.4, 0.5) is 5.69 Å². The first-order valence-electron chi connectivity index (χ1n) is 8.52. The van der Waals surface area contributed by atoms with Gasteiger partial charge in [-0.05, 0) is 47.5 Å². The molecule has 3 aromatic rings. The summed E-state index contributed by atoms with van der Waals surface area (Å²) in [4.78, 5) is 40.9. The number of H-pyrrole nitrogens is 2. The van der Waals surface area contributed by atoms with E-state index in [1.165, 1.54) is 6.92 Å². The number of anilines is 1. The fourth-order valence-corrected chi connectivity index (χ4v) is 2.60. The molecule has 0 saturated carbocycles. The first-order valence-corrected chi connectivity index (χ1v) is 8.52. The lowest BCUT2D eigenvalue weighted by atomic mass is 10.2. The summed E-state index contributed by atoms with van der Waals surface area (Å²) in [6, 6.07) is 14.0. The van der Waals surface area contributed by atoms with E-state index in [1.54, 1.807) is 67.8 Å². The van der Waals surface area contributed by atoms with E-state index in [0.29, 0.717) is 17.0 Å². The summed E-state index contributed by atoms with van der Waals surface area (Å²) in [7, 11) is 1.57. The van der Waals surface area contributed by atoms with Crippen LogP contribution < -0.4 is 31.9 Å². The van der Waals surface area contributed by atoms with E-state index >= 15 is 0 Å². The average Bonchev–Trinajstić information content (AvgIpc) is 2.67. The molecule has 3 rings (SSSR count). The van der Waals surface area contributed by atoms with Gasteiger partial charge in [0.2, 0.25) is 5.91 Å². The van der Waals surface area contributed by atoms with Crippen LogP contribution in [0.25, 0.3) is 12.2 Å². The zero-order valence-corrected chi connectivity index (χ0v) is 15.4. The summed E-state index contributed by atoms with van der Waals surface area (Å²) in [5.74, 6) is 0.537. The van der Waals surface area contributed by atoms with Crippen LogP contribution in [0.2, 0.25) is 0 Å². The third-order valence-corrected chi connectivity index (χ3v) is 3.95.